The largest absolute Gasteiger partial charge is 0.391 e. The lowest BCUT2D eigenvalue weighted by molar-refractivity contribution is -0.186. The zero-order valence-corrected chi connectivity index (χ0v) is 9.61. The lowest BCUT2D eigenvalue weighted by Gasteiger charge is -2.31. The highest BCUT2D eigenvalue weighted by molar-refractivity contribution is 4.78. The molecule has 0 aromatic carbocycles. The van der Waals surface area contributed by atoms with Gasteiger partial charge in [0.15, 0.2) is 0 Å². The minimum atomic E-state index is -3.96. The molecule has 90 valence electrons. The van der Waals surface area contributed by atoms with Crippen LogP contribution in [0.2, 0.25) is 0 Å². The van der Waals surface area contributed by atoms with Crippen molar-refractivity contribution in [3.63, 3.8) is 0 Å². The van der Waals surface area contributed by atoms with Crippen LogP contribution in [0.3, 0.4) is 0 Å². The number of hydrogen-bond acceptors (Lipinski definition) is 0. The molecule has 1 aliphatic carbocycles. The second kappa shape index (κ2) is 5.22. The van der Waals surface area contributed by atoms with Crippen molar-refractivity contribution in [1.29, 1.82) is 0 Å². The molecule has 1 aliphatic rings. The van der Waals surface area contributed by atoms with Crippen molar-refractivity contribution in [1.82, 2.24) is 0 Å². The second-order valence-corrected chi connectivity index (χ2v) is 5.02. The molecule has 0 aliphatic heterocycles. The zero-order chi connectivity index (χ0) is 11.5. The van der Waals surface area contributed by atoms with Crippen LogP contribution in [0.5, 0.6) is 0 Å². The van der Waals surface area contributed by atoms with Crippen LogP contribution in [0.4, 0.5) is 13.2 Å². The van der Waals surface area contributed by atoms with Gasteiger partial charge in [-0.1, -0.05) is 33.1 Å². The number of halogens is 3. The van der Waals surface area contributed by atoms with Gasteiger partial charge in [-0.3, -0.25) is 0 Å². The Morgan fingerprint density at radius 2 is 1.93 bits per heavy atom. The van der Waals surface area contributed by atoms with Gasteiger partial charge in [0.1, 0.15) is 0 Å². The van der Waals surface area contributed by atoms with E-state index in [2.05, 4.69) is 13.8 Å². The van der Waals surface area contributed by atoms with E-state index >= 15 is 0 Å². The quantitative estimate of drug-likeness (QED) is 0.644. The average Bonchev–Trinajstić information content (AvgIpc) is 2.17. The van der Waals surface area contributed by atoms with Gasteiger partial charge in [0, 0.05) is 0 Å². The molecule has 0 heterocycles. The lowest BCUT2D eigenvalue weighted by Crippen LogP contribution is -2.29. The van der Waals surface area contributed by atoms with E-state index in [1.165, 1.54) is 0 Å². The predicted octanol–water partition coefficient (Wildman–Crippen LogP) is 4.79. The van der Waals surface area contributed by atoms with E-state index in [4.69, 9.17) is 0 Å². The van der Waals surface area contributed by atoms with E-state index < -0.39 is 12.1 Å². The van der Waals surface area contributed by atoms with E-state index in [-0.39, 0.29) is 0 Å². The van der Waals surface area contributed by atoms with Crippen molar-refractivity contribution in [3.8, 4) is 0 Å². The molecule has 15 heavy (non-hydrogen) atoms. The Labute approximate surface area is 90.2 Å². The summed E-state index contributed by atoms with van der Waals surface area (Å²) >= 11 is 0. The highest BCUT2D eigenvalue weighted by atomic mass is 19.4. The fourth-order valence-electron chi connectivity index (χ4n) is 2.54. The van der Waals surface area contributed by atoms with Crippen molar-refractivity contribution in [2.24, 2.45) is 17.8 Å². The van der Waals surface area contributed by atoms with Crippen LogP contribution < -0.4 is 0 Å². The summed E-state index contributed by atoms with van der Waals surface area (Å²) in [7, 11) is 0. The minimum absolute atomic E-state index is 0.306. The summed E-state index contributed by atoms with van der Waals surface area (Å²) in [5.41, 5.74) is 0. The predicted molar refractivity (Wildman–Crippen MR) is 55.6 cm³/mol. The smallest absolute Gasteiger partial charge is 0.171 e. The Morgan fingerprint density at radius 3 is 2.47 bits per heavy atom. The van der Waals surface area contributed by atoms with Crippen LogP contribution in [0.25, 0.3) is 0 Å². The molecule has 0 amide bonds. The topological polar surface area (TPSA) is 0 Å². The van der Waals surface area contributed by atoms with Gasteiger partial charge in [0.05, 0.1) is 5.92 Å². The Balaban J connectivity index is 2.42. The summed E-state index contributed by atoms with van der Waals surface area (Å²) < 4.78 is 37.6. The maximum absolute atomic E-state index is 12.5. The maximum atomic E-state index is 12.5. The average molecular weight is 222 g/mol. The van der Waals surface area contributed by atoms with Crippen molar-refractivity contribution in [2.75, 3.05) is 0 Å². The maximum Gasteiger partial charge on any atom is 0.391 e. The molecular formula is C12H21F3. The molecule has 3 heteroatoms. The van der Waals surface area contributed by atoms with Crippen LogP contribution in [0.1, 0.15) is 52.4 Å². The van der Waals surface area contributed by atoms with Gasteiger partial charge >= 0.3 is 6.18 Å². The van der Waals surface area contributed by atoms with E-state index in [1.807, 2.05) is 0 Å². The fourth-order valence-corrected chi connectivity index (χ4v) is 2.54. The molecule has 1 saturated carbocycles. The molecule has 0 radical (unpaired) electrons. The van der Waals surface area contributed by atoms with Gasteiger partial charge in [-0.15, -0.1) is 0 Å². The first-order chi connectivity index (χ1) is 6.93. The lowest BCUT2D eigenvalue weighted by atomic mass is 9.77. The SMILES string of the molecule is CCC(C)CC1CCCC(C(F)(F)F)C1. The first-order valence-corrected chi connectivity index (χ1v) is 6.00. The normalized spacial score (nSPS) is 30.2. The van der Waals surface area contributed by atoms with E-state index in [1.54, 1.807) is 0 Å². The highest BCUT2D eigenvalue weighted by Gasteiger charge is 2.42. The Morgan fingerprint density at radius 1 is 1.27 bits per heavy atom. The van der Waals surface area contributed by atoms with Gasteiger partial charge in [-0.05, 0) is 31.1 Å². The van der Waals surface area contributed by atoms with Gasteiger partial charge in [0.25, 0.3) is 0 Å². The Hall–Kier alpha value is -0.210. The monoisotopic (exact) mass is 222 g/mol. The van der Waals surface area contributed by atoms with Crippen molar-refractivity contribution in [2.45, 2.75) is 58.5 Å². The summed E-state index contributed by atoms with van der Waals surface area (Å²) in [4.78, 5) is 0. The number of rotatable bonds is 3. The first-order valence-electron chi connectivity index (χ1n) is 6.00. The van der Waals surface area contributed by atoms with E-state index in [0.29, 0.717) is 24.7 Å². The number of alkyl halides is 3. The number of hydrogen-bond donors (Lipinski definition) is 0. The molecule has 0 aromatic heterocycles. The van der Waals surface area contributed by atoms with Gasteiger partial charge in [-0.2, -0.15) is 13.2 Å². The second-order valence-electron chi connectivity index (χ2n) is 5.02. The van der Waals surface area contributed by atoms with Gasteiger partial charge < -0.3 is 0 Å². The Kier molecular flexibility index (Phi) is 4.47. The summed E-state index contributed by atoms with van der Waals surface area (Å²) in [5, 5.41) is 0. The zero-order valence-electron chi connectivity index (χ0n) is 9.61. The molecule has 0 bridgehead atoms. The van der Waals surface area contributed by atoms with Crippen LogP contribution in [-0.2, 0) is 0 Å². The van der Waals surface area contributed by atoms with Gasteiger partial charge in [0.2, 0.25) is 0 Å². The van der Waals surface area contributed by atoms with Crippen molar-refractivity contribution < 1.29 is 13.2 Å². The highest BCUT2D eigenvalue weighted by Crippen LogP contribution is 2.41. The summed E-state index contributed by atoms with van der Waals surface area (Å²) in [6.45, 7) is 4.24. The van der Waals surface area contributed by atoms with Crippen molar-refractivity contribution in [3.05, 3.63) is 0 Å². The molecular weight excluding hydrogens is 201 g/mol. The molecule has 0 spiro atoms. The summed E-state index contributed by atoms with van der Waals surface area (Å²) in [6, 6.07) is 0. The molecule has 1 rings (SSSR count). The molecule has 0 nitrogen and oxygen atoms in total. The van der Waals surface area contributed by atoms with E-state index in [0.717, 1.165) is 25.7 Å². The third kappa shape index (κ3) is 4.04. The third-order valence-electron chi connectivity index (χ3n) is 3.68. The molecule has 3 atom stereocenters. The Bertz CT molecular complexity index is 186. The van der Waals surface area contributed by atoms with Crippen molar-refractivity contribution >= 4 is 0 Å². The molecule has 1 fully saturated rings. The summed E-state index contributed by atoms with van der Waals surface area (Å²) in [6.07, 6.45) is 0.556. The first kappa shape index (κ1) is 12.9. The minimum Gasteiger partial charge on any atom is -0.171 e. The molecule has 0 aromatic rings. The summed E-state index contributed by atoms with van der Waals surface area (Å²) in [5.74, 6) is -0.150. The van der Waals surface area contributed by atoms with Crippen LogP contribution in [0, 0.1) is 17.8 Å². The van der Waals surface area contributed by atoms with Gasteiger partial charge in [-0.25, -0.2) is 0 Å². The fraction of sp³-hybridized carbons (Fsp3) is 1.00. The van der Waals surface area contributed by atoms with Crippen LogP contribution in [0.15, 0.2) is 0 Å². The van der Waals surface area contributed by atoms with Crippen LogP contribution in [-0.4, -0.2) is 6.18 Å². The molecule has 0 saturated heterocycles. The molecule has 0 N–H and O–H groups in total. The molecule has 3 unspecified atom stereocenters. The third-order valence-corrected chi connectivity index (χ3v) is 3.68. The van der Waals surface area contributed by atoms with Crippen LogP contribution >= 0.6 is 0 Å². The van der Waals surface area contributed by atoms with E-state index in [9.17, 15) is 13.2 Å². The standard InChI is InChI=1S/C12H21F3/c1-3-9(2)7-10-5-4-6-11(8-10)12(13,14)15/h9-11H,3-8H2,1-2H3.